The van der Waals surface area contributed by atoms with Gasteiger partial charge in [0.15, 0.2) is 6.17 Å². The molecule has 2 aliphatic carbocycles. The number of allylic oxidation sites excluding steroid dienone is 8. The quantitative estimate of drug-likeness (QED) is 0.734. The Morgan fingerprint density at radius 3 is 2.27 bits per heavy atom. The minimum Gasteiger partial charge on any atom is -0.512 e. The van der Waals surface area contributed by atoms with Crippen LogP contribution in [0.1, 0.15) is 19.8 Å². The molecular formula is C14H12F6O2. The second kappa shape index (κ2) is 5.73. The SMILES string of the molecule is CC1=C(OC(F)(F)F)[C@H](F)CC(C2=C(F)C=C(O)CC2F)=C1. The van der Waals surface area contributed by atoms with Crippen molar-refractivity contribution in [3.05, 3.63) is 46.2 Å². The molecule has 0 saturated carbocycles. The summed E-state index contributed by atoms with van der Waals surface area (Å²) in [6.07, 6.45) is -8.42. The molecule has 0 saturated heterocycles. The van der Waals surface area contributed by atoms with E-state index in [2.05, 4.69) is 4.74 Å². The maximum Gasteiger partial charge on any atom is 0.572 e. The molecule has 22 heavy (non-hydrogen) atoms. The third kappa shape index (κ3) is 3.48. The predicted octanol–water partition coefficient (Wildman–Crippen LogP) is 4.87. The Balaban J connectivity index is 2.39. The molecule has 0 radical (unpaired) electrons. The van der Waals surface area contributed by atoms with E-state index in [4.69, 9.17) is 5.11 Å². The molecule has 0 heterocycles. The third-order valence-electron chi connectivity index (χ3n) is 3.29. The van der Waals surface area contributed by atoms with Crippen molar-refractivity contribution >= 4 is 0 Å². The Labute approximate surface area is 122 Å². The van der Waals surface area contributed by atoms with Crippen LogP contribution in [0.5, 0.6) is 0 Å². The number of hydrogen-bond donors (Lipinski definition) is 1. The van der Waals surface area contributed by atoms with Gasteiger partial charge in [0.05, 0.1) is 5.76 Å². The van der Waals surface area contributed by atoms with Gasteiger partial charge in [0, 0.05) is 24.5 Å². The fourth-order valence-corrected chi connectivity index (χ4v) is 2.45. The number of halogens is 6. The van der Waals surface area contributed by atoms with Crippen molar-refractivity contribution in [2.75, 3.05) is 0 Å². The van der Waals surface area contributed by atoms with E-state index in [9.17, 15) is 26.3 Å². The lowest BCUT2D eigenvalue weighted by Crippen LogP contribution is -2.24. The van der Waals surface area contributed by atoms with Gasteiger partial charge in [-0.15, -0.1) is 13.2 Å². The number of rotatable bonds is 2. The lowest BCUT2D eigenvalue weighted by Gasteiger charge is -2.26. The fourth-order valence-electron chi connectivity index (χ4n) is 2.45. The van der Waals surface area contributed by atoms with Crippen LogP contribution < -0.4 is 0 Å². The second-order valence-corrected chi connectivity index (χ2v) is 5.01. The molecule has 2 aliphatic rings. The highest BCUT2D eigenvalue weighted by Crippen LogP contribution is 2.39. The van der Waals surface area contributed by atoms with Gasteiger partial charge in [-0.2, -0.15) is 0 Å². The fraction of sp³-hybridized carbons (Fsp3) is 0.429. The van der Waals surface area contributed by atoms with Crippen LogP contribution >= 0.6 is 0 Å². The summed E-state index contributed by atoms with van der Waals surface area (Å²) < 4.78 is 81.7. The summed E-state index contributed by atoms with van der Waals surface area (Å²) in [5, 5.41) is 9.14. The minimum atomic E-state index is -5.04. The first-order valence-corrected chi connectivity index (χ1v) is 6.33. The zero-order chi connectivity index (χ0) is 16.7. The monoisotopic (exact) mass is 326 g/mol. The number of hydrogen-bond acceptors (Lipinski definition) is 2. The first-order valence-electron chi connectivity index (χ1n) is 6.33. The van der Waals surface area contributed by atoms with Gasteiger partial charge in [0.25, 0.3) is 0 Å². The lowest BCUT2D eigenvalue weighted by atomic mass is 9.86. The molecule has 0 spiro atoms. The Bertz CT molecular complexity index is 597. The van der Waals surface area contributed by atoms with Crippen LogP contribution in [0.3, 0.4) is 0 Å². The van der Waals surface area contributed by atoms with E-state index in [0.29, 0.717) is 6.08 Å². The van der Waals surface area contributed by atoms with Crippen LogP contribution in [0, 0.1) is 0 Å². The minimum absolute atomic E-state index is 0.0896. The van der Waals surface area contributed by atoms with Crippen molar-refractivity contribution < 1.29 is 36.2 Å². The molecule has 2 atom stereocenters. The zero-order valence-electron chi connectivity index (χ0n) is 11.3. The van der Waals surface area contributed by atoms with Crippen LogP contribution in [0.4, 0.5) is 26.3 Å². The molecule has 0 aromatic carbocycles. The maximum absolute atomic E-state index is 13.9. The van der Waals surface area contributed by atoms with Gasteiger partial charge in [-0.3, -0.25) is 0 Å². The van der Waals surface area contributed by atoms with E-state index in [1.54, 1.807) is 0 Å². The van der Waals surface area contributed by atoms with Crippen molar-refractivity contribution in [3.8, 4) is 0 Å². The van der Waals surface area contributed by atoms with Crippen molar-refractivity contribution in [1.82, 2.24) is 0 Å². The van der Waals surface area contributed by atoms with Crippen LogP contribution in [0.2, 0.25) is 0 Å². The summed E-state index contributed by atoms with van der Waals surface area (Å²) in [5.74, 6) is -2.47. The molecule has 0 aliphatic heterocycles. The largest absolute Gasteiger partial charge is 0.572 e. The number of aliphatic hydroxyl groups is 1. The summed E-state index contributed by atoms with van der Waals surface area (Å²) in [6, 6.07) is 0. The smallest absolute Gasteiger partial charge is 0.512 e. The number of alkyl halides is 5. The van der Waals surface area contributed by atoms with Gasteiger partial charge in [-0.05, 0) is 18.1 Å². The molecular weight excluding hydrogens is 314 g/mol. The van der Waals surface area contributed by atoms with E-state index in [1.165, 1.54) is 0 Å². The normalized spacial score (nSPS) is 26.9. The average Bonchev–Trinajstić information content (AvgIpc) is 2.31. The summed E-state index contributed by atoms with van der Waals surface area (Å²) in [7, 11) is 0. The topological polar surface area (TPSA) is 29.5 Å². The Morgan fingerprint density at radius 2 is 1.77 bits per heavy atom. The van der Waals surface area contributed by atoms with Crippen molar-refractivity contribution in [2.45, 2.75) is 38.5 Å². The molecule has 122 valence electrons. The highest BCUT2D eigenvalue weighted by molar-refractivity contribution is 5.49. The molecule has 8 heteroatoms. The van der Waals surface area contributed by atoms with E-state index >= 15 is 0 Å². The molecule has 0 aromatic heterocycles. The van der Waals surface area contributed by atoms with Crippen LogP contribution in [0.25, 0.3) is 0 Å². The molecule has 0 bridgehead atoms. The van der Waals surface area contributed by atoms with Gasteiger partial charge >= 0.3 is 6.36 Å². The van der Waals surface area contributed by atoms with Gasteiger partial charge in [0.2, 0.25) is 0 Å². The predicted molar refractivity (Wildman–Crippen MR) is 65.8 cm³/mol. The standard InChI is InChI=1S/C14H12F6O2/c1-6-2-7(3-11(17)13(6)22-14(18,19)20)12-9(15)4-8(21)5-10(12)16/h2,4,10-11,21H,3,5H2,1H3/t10?,11-/m1/s1. The van der Waals surface area contributed by atoms with Crippen LogP contribution in [0.15, 0.2) is 46.2 Å². The molecule has 1 unspecified atom stereocenters. The number of aliphatic hydroxyl groups excluding tert-OH is 1. The van der Waals surface area contributed by atoms with Crippen LogP contribution in [-0.2, 0) is 4.74 Å². The molecule has 2 nitrogen and oxygen atoms in total. The van der Waals surface area contributed by atoms with Gasteiger partial charge in [-0.1, -0.05) is 6.08 Å². The molecule has 1 N–H and O–H groups in total. The van der Waals surface area contributed by atoms with Gasteiger partial charge in [0.1, 0.15) is 17.8 Å². The van der Waals surface area contributed by atoms with Gasteiger partial charge in [-0.25, -0.2) is 13.2 Å². The third-order valence-corrected chi connectivity index (χ3v) is 3.29. The Kier molecular flexibility index (Phi) is 4.30. The second-order valence-electron chi connectivity index (χ2n) is 5.01. The van der Waals surface area contributed by atoms with Crippen LogP contribution in [-0.4, -0.2) is 23.8 Å². The summed E-state index contributed by atoms with van der Waals surface area (Å²) >= 11 is 0. The first-order chi connectivity index (χ1) is 10.1. The zero-order valence-corrected chi connectivity index (χ0v) is 11.3. The Hall–Kier alpha value is -1.86. The molecule has 0 fully saturated rings. The summed E-state index contributed by atoms with van der Waals surface area (Å²) in [5.41, 5.74) is -0.739. The highest BCUT2D eigenvalue weighted by atomic mass is 19.4. The average molecular weight is 326 g/mol. The maximum atomic E-state index is 13.9. The Morgan fingerprint density at radius 1 is 1.14 bits per heavy atom. The molecule has 0 aromatic rings. The van der Waals surface area contributed by atoms with Crippen molar-refractivity contribution in [3.63, 3.8) is 0 Å². The molecule has 0 amide bonds. The van der Waals surface area contributed by atoms with E-state index < -0.39 is 54.5 Å². The highest BCUT2D eigenvalue weighted by Gasteiger charge is 2.38. The van der Waals surface area contributed by atoms with Crippen molar-refractivity contribution in [2.24, 2.45) is 0 Å². The number of ether oxygens (including phenoxy) is 1. The first kappa shape index (κ1) is 16.5. The lowest BCUT2D eigenvalue weighted by molar-refractivity contribution is -0.309. The van der Waals surface area contributed by atoms with Gasteiger partial charge < -0.3 is 9.84 Å². The van der Waals surface area contributed by atoms with E-state index in [-0.39, 0.29) is 11.1 Å². The van der Waals surface area contributed by atoms with E-state index in [0.717, 1.165) is 13.0 Å². The van der Waals surface area contributed by atoms with Crippen molar-refractivity contribution in [1.29, 1.82) is 0 Å². The van der Waals surface area contributed by atoms with E-state index in [1.807, 2.05) is 0 Å². The summed E-state index contributed by atoms with van der Waals surface area (Å²) in [6.45, 7) is 1.16. The summed E-state index contributed by atoms with van der Waals surface area (Å²) in [4.78, 5) is 0. The molecule has 2 rings (SSSR count).